The summed E-state index contributed by atoms with van der Waals surface area (Å²) >= 11 is 1.50. The molecule has 0 radical (unpaired) electrons. The smallest absolute Gasteiger partial charge is 0.336 e. The number of thiophene rings is 1. The molecule has 2 aromatic rings. The molecule has 0 saturated heterocycles. The second kappa shape index (κ2) is 4.58. The van der Waals surface area contributed by atoms with Crippen LogP contribution < -0.4 is 0 Å². The van der Waals surface area contributed by atoms with Gasteiger partial charge in [0.2, 0.25) is 0 Å². The Hall–Kier alpha value is -1.61. The van der Waals surface area contributed by atoms with Crippen molar-refractivity contribution in [3.05, 3.63) is 45.3 Å². The van der Waals surface area contributed by atoms with Gasteiger partial charge in [-0.1, -0.05) is 6.07 Å². The van der Waals surface area contributed by atoms with Crippen molar-refractivity contribution in [3.63, 3.8) is 0 Å². The summed E-state index contributed by atoms with van der Waals surface area (Å²) in [5.74, 6) is -0.864. The van der Waals surface area contributed by atoms with Gasteiger partial charge in [-0.2, -0.15) is 0 Å². The topological polar surface area (TPSA) is 37.3 Å². The lowest BCUT2D eigenvalue weighted by molar-refractivity contribution is 0.0697. The average molecular weight is 260 g/mol. The molecule has 0 atom stereocenters. The van der Waals surface area contributed by atoms with E-state index in [2.05, 4.69) is 33.8 Å². The molecule has 3 heteroatoms. The second-order valence-electron chi connectivity index (χ2n) is 4.64. The van der Waals surface area contributed by atoms with E-state index in [9.17, 15) is 4.79 Å². The van der Waals surface area contributed by atoms with Gasteiger partial charge in [0, 0.05) is 10.3 Å². The predicted molar refractivity (Wildman–Crippen MR) is 75.7 cm³/mol. The van der Waals surface area contributed by atoms with Crippen LogP contribution in [0.25, 0.3) is 10.4 Å². The summed E-state index contributed by atoms with van der Waals surface area (Å²) in [7, 11) is 0. The van der Waals surface area contributed by atoms with Gasteiger partial charge in [0.15, 0.2) is 0 Å². The lowest BCUT2D eigenvalue weighted by Crippen LogP contribution is -1.94. The second-order valence-corrected chi connectivity index (χ2v) is 5.55. The van der Waals surface area contributed by atoms with Crippen molar-refractivity contribution >= 4 is 17.3 Å². The Morgan fingerprint density at radius 2 is 1.61 bits per heavy atom. The highest BCUT2D eigenvalue weighted by atomic mass is 32.1. The summed E-state index contributed by atoms with van der Waals surface area (Å²) in [4.78, 5) is 12.0. The van der Waals surface area contributed by atoms with Gasteiger partial charge in [-0.25, -0.2) is 4.79 Å². The van der Waals surface area contributed by atoms with E-state index < -0.39 is 5.97 Å². The van der Waals surface area contributed by atoms with Crippen LogP contribution in [0, 0.1) is 27.7 Å². The minimum atomic E-state index is -0.864. The van der Waals surface area contributed by atoms with Crippen molar-refractivity contribution in [2.24, 2.45) is 0 Å². The molecular formula is C15H16O2S. The Bertz CT molecular complexity index is 597. The van der Waals surface area contributed by atoms with E-state index in [-0.39, 0.29) is 0 Å². The normalized spacial score (nSPS) is 10.7. The Balaban J connectivity index is 2.66. The molecule has 0 amide bonds. The third-order valence-corrected chi connectivity index (χ3v) is 4.41. The van der Waals surface area contributed by atoms with Gasteiger partial charge in [-0.3, -0.25) is 0 Å². The van der Waals surface area contributed by atoms with Crippen molar-refractivity contribution in [2.75, 3.05) is 0 Å². The molecule has 0 aliphatic rings. The van der Waals surface area contributed by atoms with Crippen molar-refractivity contribution in [1.82, 2.24) is 0 Å². The van der Waals surface area contributed by atoms with Crippen molar-refractivity contribution < 1.29 is 9.90 Å². The van der Waals surface area contributed by atoms with Crippen LogP contribution in [0.2, 0.25) is 0 Å². The molecule has 0 saturated carbocycles. The van der Waals surface area contributed by atoms with Crippen molar-refractivity contribution in [2.45, 2.75) is 27.7 Å². The third-order valence-electron chi connectivity index (χ3n) is 3.46. The predicted octanol–water partition coefficient (Wildman–Crippen LogP) is 4.35. The molecular weight excluding hydrogens is 244 g/mol. The highest BCUT2D eigenvalue weighted by Gasteiger charge is 2.14. The molecule has 0 unspecified atom stereocenters. The first-order valence-corrected chi connectivity index (χ1v) is 6.69. The zero-order valence-corrected chi connectivity index (χ0v) is 11.8. The van der Waals surface area contributed by atoms with Crippen molar-refractivity contribution in [3.8, 4) is 10.4 Å². The fraction of sp³-hybridized carbons (Fsp3) is 0.267. The van der Waals surface area contributed by atoms with Gasteiger partial charge in [-0.05, 0) is 61.6 Å². The molecule has 2 rings (SSSR count). The van der Waals surface area contributed by atoms with Gasteiger partial charge in [0.1, 0.15) is 0 Å². The van der Waals surface area contributed by atoms with E-state index in [1.807, 2.05) is 0 Å². The summed E-state index contributed by atoms with van der Waals surface area (Å²) in [6.07, 6.45) is 0. The SMILES string of the molecule is Cc1cc(C)c(C)c(-c2cc(C(=O)O)cs2)c1C. The molecule has 0 spiro atoms. The highest BCUT2D eigenvalue weighted by molar-refractivity contribution is 7.13. The van der Waals surface area contributed by atoms with Gasteiger partial charge in [-0.15, -0.1) is 11.3 Å². The lowest BCUT2D eigenvalue weighted by atomic mass is 9.93. The van der Waals surface area contributed by atoms with E-state index in [1.54, 1.807) is 11.4 Å². The molecule has 2 nitrogen and oxygen atoms in total. The maximum Gasteiger partial charge on any atom is 0.336 e. The van der Waals surface area contributed by atoms with E-state index in [0.29, 0.717) is 5.56 Å². The number of carbonyl (C=O) groups is 1. The number of aryl methyl sites for hydroxylation is 2. The molecule has 0 aliphatic heterocycles. The van der Waals surface area contributed by atoms with Gasteiger partial charge >= 0.3 is 5.97 Å². The van der Waals surface area contributed by atoms with Crippen LogP contribution in [0.1, 0.15) is 32.6 Å². The summed E-state index contributed by atoms with van der Waals surface area (Å²) < 4.78 is 0. The first-order valence-electron chi connectivity index (χ1n) is 5.81. The summed E-state index contributed by atoms with van der Waals surface area (Å²) in [6, 6.07) is 3.95. The monoisotopic (exact) mass is 260 g/mol. The van der Waals surface area contributed by atoms with Gasteiger partial charge in [0.05, 0.1) is 5.56 Å². The Morgan fingerprint density at radius 1 is 1.06 bits per heavy atom. The Morgan fingerprint density at radius 3 is 2.06 bits per heavy atom. The van der Waals surface area contributed by atoms with Crippen LogP contribution in [0.15, 0.2) is 17.5 Å². The summed E-state index contributed by atoms with van der Waals surface area (Å²) in [5.41, 5.74) is 6.52. The number of hydrogen-bond donors (Lipinski definition) is 1. The number of benzene rings is 1. The molecule has 0 bridgehead atoms. The molecule has 94 valence electrons. The van der Waals surface area contributed by atoms with Crippen molar-refractivity contribution in [1.29, 1.82) is 0 Å². The number of aromatic carboxylic acids is 1. The van der Waals surface area contributed by atoms with Crippen LogP contribution >= 0.6 is 11.3 Å². The highest BCUT2D eigenvalue weighted by Crippen LogP contribution is 2.35. The Labute approximate surface area is 111 Å². The lowest BCUT2D eigenvalue weighted by Gasteiger charge is -2.13. The first kappa shape index (κ1) is 12.8. The maximum atomic E-state index is 11.0. The molecule has 18 heavy (non-hydrogen) atoms. The van der Waals surface area contributed by atoms with E-state index in [0.717, 1.165) is 4.88 Å². The molecule has 1 heterocycles. The quantitative estimate of drug-likeness (QED) is 0.871. The maximum absolute atomic E-state index is 11.0. The summed E-state index contributed by atoms with van der Waals surface area (Å²) in [6.45, 7) is 8.38. The van der Waals surface area contributed by atoms with E-state index in [1.165, 1.54) is 39.2 Å². The van der Waals surface area contributed by atoms with Gasteiger partial charge < -0.3 is 5.11 Å². The fourth-order valence-electron chi connectivity index (χ4n) is 2.17. The zero-order chi connectivity index (χ0) is 13.4. The van der Waals surface area contributed by atoms with Crippen LogP contribution in [0.4, 0.5) is 0 Å². The average Bonchev–Trinajstić information content (AvgIpc) is 2.76. The third kappa shape index (κ3) is 2.06. The Kier molecular flexibility index (Phi) is 3.26. The van der Waals surface area contributed by atoms with Crippen LogP contribution in [-0.2, 0) is 0 Å². The number of carboxylic acid groups (broad SMARTS) is 1. The molecule has 1 aromatic heterocycles. The zero-order valence-electron chi connectivity index (χ0n) is 11.0. The standard InChI is InChI=1S/C15H16O2S/c1-8-5-9(2)11(4)14(10(8)3)13-6-12(7-18-13)15(16)17/h5-7H,1-4H3,(H,16,17). The largest absolute Gasteiger partial charge is 0.478 e. The fourth-order valence-corrected chi connectivity index (χ4v) is 3.21. The minimum Gasteiger partial charge on any atom is -0.478 e. The van der Waals surface area contributed by atoms with E-state index in [4.69, 9.17) is 5.11 Å². The van der Waals surface area contributed by atoms with E-state index >= 15 is 0 Å². The first-order chi connectivity index (χ1) is 8.41. The molecule has 0 aliphatic carbocycles. The minimum absolute atomic E-state index is 0.368. The molecule has 1 N–H and O–H groups in total. The number of hydrogen-bond acceptors (Lipinski definition) is 2. The van der Waals surface area contributed by atoms with Crippen LogP contribution in [-0.4, -0.2) is 11.1 Å². The molecule has 1 aromatic carbocycles. The van der Waals surface area contributed by atoms with Crippen LogP contribution in [0.5, 0.6) is 0 Å². The molecule has 0 fully saturated rings. The van der Waals surface area contributed by atoms with Crippen LogP contribution in [0.3, 0.4) is 0 Å². The summed E-state index contributed by atoms with van der Waals surface area (Å²) in [5, 5.41) is 10.7. The number of rotatable bonds is 2. The van der Waals surface area contributed by atoms with Gasteiger partial charge in [0.25, 0.3) is 0 Å². The number of carboxylic acids is 1.